The third kappa shape index (κ3) is 3.08. The van der Waals surface area contributed by atoms with E-state index in [1.54, 1.807) is 13.4 Å². The fourth-order valence-corrected chi connectivity index (χ4v) is 2.07. The summed E-state index contributed by atoms with van der Waals surface area (Å²) in [6.07, 6.45) is 3.06. The SMILES string of the molecule is COc1ccc(OC(C)CNc2ncnc3nc[nH]c23)cc1. The smallest absolute Gasteiger partial charge is 0.182 e. The number of nitrogens with zero attached hydrogens (tertiary/aromatic N) is 3. The minimum absolute atomic E-state index is 0.0265. The Morgan fingerprint density at radius 1 is 1.14 bits per heavy atom. The highest BCUT2D eigenvalue weighted by molar-refractivity contribution is 5.81. The highest BCUT2D eigenvalue weighted by Gasteiger charge is 2.08. The second kappa shape index (κ2) is 6.30. The van der Waals surface area contributed by atoms with Gasteiger partial charge in [0.2, 0.25) is 0 Å². The van der Waals surface area contributed by atoms with Crippen molar-refractivity contribution in [3.63, 3.8) is 0 Å². The minimum atomic E-state index is -0.0265. The summed E-state index contributed by atoms with van der Waals surface area (Å²) in [5.41, 5.74) is 1.43. The van der Waals surface area contributed by atoms with E-state index in [2.05, 4.69) is 25.3 Å². The largest absolute Gasteiger partial charge is 0.497 e. The van der Waals surface area contributed by atoms with Gasteiger partial charge in [-0.2, -0.15) is 0 Å². The average Bonchev–Trinajstić information content (AvgIpc) is 3.03. The van der Waals surface area contributed by atoms with Crippen molar-refractivity contribution in [2.75, 3.05) is 19.0 Å². The number of nitrogens with one attached hydrogen (secondary N) is 2. The summed E-state index contributed by atoms with van der Waals surface area (Å²) < 4.78 is 11.0. The summed E-state index contributed by atoms with van der Waals surface area (Å²) in [6.45, 7) is 2.60. The molecule has 0 bridgehead atoms. The predicted molar refractivity (Wildman–Crippen MR) is 83.3 cm³/mol. The number of benzene rings is 1. The van der Waals surface area contributed by atoms with Crippen molar-refractivity contribution in [3.8, 4) is 11.5 Å². The first-order chi connectivity index (χ1) is 10.8. The van der Waals surface area contributed by atoms with E-state index >= 15 is 0 Å². The third-order valence-corrected chi connectivity index (χ3v) is 3.18. The minimum Gasteiger partial charge on any atom is -0.497 e. The summed E-state index contributed by atoms with van der Waals surface area (Å²) in [4.78, 5) is 15.4. The molecule has 0 spiro atoms. The van der Waals surface area contributed by atoms with Crippen LogP contribution in [0.1, 0.15) is 6.92 Å². The molecule has 7 nitrogen and oxygen atoms in total. The Morgan fingerprint density at radius 3 is 2.68 bits per heavy atom. The summed E-state index contributed by atoms with van der Waals surface area (Å²) in [6, 6.07) is 7.50. The predicted octanol–water partition coefficient (Wildman–Crippen LogP) is 2.24. The summed E-state index contributed by atoms with van der Waals surface area (Å²) in [7, 11) is 1.64. The van der Waals surface area contributed by atoms with Gasteiger partial charge in [0.25, 0.3) is 0 Å². The molecule has 1 unspecified atom stereocenters. The van der Waals surface area contributed by atoms with Crippen LogP contribution in [0.25, 0.3) is 11.2 Å². The van der Waals surface area contributed by atoms with Crippen molar-refractivity contribution in [3.05, 3.63) is 36.9 Å². The van der Waals surface area contributed by atoms with E-state index in [-0.39, 0.29) is 6.10 Å². The molecule has 3 aromatic rings. The summed E-state index contributed by atoms with van der Waals surface area (Å²) in [5, 5.41) is 3.24. The molecule has 0 aliphatic rings. The lowest BCUT2D eigenvalue weighted by molar-refractivity contribution is 0.234. The topological polar surface area (TPSA) is 84.9 Å². The van der Waals surface area contributed by atoms with E-state index in [1.165, 1.54) is 6.33 Å². The second-order valence-corrected chi connectivity index (χ2v) is 4.81. The number of anilines is 1. The zero-order valence-electron chi connectivity index (χ0n) is 12.4. The maximum absolute atomic E-state index is 5.84. The second-order valence-electron chi connectivity index (χ2n) is 4.81. The summed E-state index contributed by atoms with van der Waals surface area (Å²) >= 11 is 0. The van der Waals surface area contributed by atoms with Crippen LogP contribution in [0.15, 0.2) is 36.9 Å². The number of imidazole rings is 1. The maximum Gasteiger partial charge on any atom is 0.182 e. The van der Waals surface area contributed by atoms with Crippen LogP contribution in [0.2, 0.25) is 0 Å². The monoisotopic (exact) mass is 299 g/mol. The van der Waals surface area contributed by atoms with Gasteiger partial charge >= 0.3 is 0 Å². The summed E-state index contributed by atoms with van der Waals surface area (Å²) in [5.74, 6) is 2.32. The van der Waals surface area contributed by atoms with Gasteiger partial charge in [-0.3, -0.25) is 0 Å². The number of ether oxygens (including phenoxy) is 2. The molecule has 114 valence electrons. The fraction of sp³-hybridized carbons (Fsp3) is 0.267. The Hall–Kier alpha value is -2.83. The number of hydrogen-bond donors (Lipinski definition) is 2. The molecular weight excluding hydrogens is 282 g/mol. The van der Waals surface area contributed by atoms with Crippen molar-refractivity contribution in [1.82, 2.24) is 19.9 Å². The van der Waals surface area contributed by atoms with E-state index in [1.807, 2.05) is 31.2 Å². The van der Waals surface area contributed by atoms with Crippen LogP contribution in [0, 0.1) is 0 Å². The maximum atomic E-state index is 5.84. The molecule has 7 heteroatoms. The Kier molecular flexibility index (Phi) is 4.04. The quantitative estimate of drug-likeness (QED) is 0.726. The van der Waals surface area contributed by atoms with Crippen LogP contribution in [0.3, 0.4) is 0 Å². The highest BCUT2D eigenvalue weighted by atomic mass is 16.5. The Balaban J connectivity index is 1.59. The molecule has 2 aromatic heterocycles. The molecule has 1 atom stereocenters. The van der Waals surface area contributed by atoms with E-state index in [4.69, 9.17) is 9.47 Å². The average molecular weight is 299 g/mol. The molecule has 0 saturated heterocycles. The van der Waals surface area contributed by atoms with E-state index in [9.17, 15) is 0 Å². The van der Waals surface area contributed by atoms with Gasteiger partial charge in [0.1, 0.15) is 29.4 Å². The molecule has 2 N–H and O–H groups in total. The third-order valence-electron chi connectivity index (χ3n) is 3.18. The van der Waals surface area contributed by atoms with Crippen molar-refractivity contribution < 1.29 is 9.47 Å². The number of fused-ring (bicyclic) bond motifs is 1. The lowest BCUT2D eigenvalue weighted by Crippen LogP contribution is -2.23. The van der Waals surface area contributed by atoms with Crippen LogP contribution in [0.5, 0.6) is 11.5 Å². The van der Waals surface area contributed by atoms with Crippen LogP contribution >= 0.6 is 0 Å². The zero-order valence-corrected chi connectivity index (χ0v) is 12.4. The van der Waals surface area contributed by atoms with Gasteiger partial charge in [0, 0.05) is 0 Å². The molecular formula is C15H17N5O2. The number of rotatable bonds is 6. The highest BCUT2D eigenvalue weighted by Crippen LogP contribution is 2.19. The molecule has 3 rings (SSSR count). The van der Waals surface area contributed by atoms with E-state index < -0.39 is 0 Å². The van der Waals surface area contributed by atoms with Gasteiger partial charge in [-0.25, -0.2) is 15.0 Å². The van der Waals surface area contributed by atoms with Crippen LogP contribution in [0.4, 0.5) is 5.82 Å². The lowest BCUT2D eigenvalue weighted by atomic mass is 10.3. The zero-order chi connectivity index (χ0) is 15.4. The Labute approximate surface area is 127 Å². The van der Waals surface area contributed by atoms with Crippen LogP contribution in [-0.2, 0) is 0 Å². The van der Waals surface area contributed by atoms with Crippen molar-refractivity contribution in [2.24, 2.45) is 0 Å². The molecule has 0 aliphatic heterocycles. The Bertz CT molecular complexity index is 741. The molecule has 22 heavy (non-hydrogen) atoms. The van der Waals surface area contributed by atoms with Gasteiger partial charge in [0.05, 0.1) is 20.0 Å². The van der Waals surface area contributed by atoms with Crippen molar-refractivity contribution >= 4 is 17.0 Å². The first-order valence-corrected chi connectivity index (χ1v) is 6.95. The van der Waals surface area contributed by atoms with Crippen molar-refractivity contribution in [1.29, 1.82) is 0 Å². The van der Waals surface area contributed by atoms with Gasteiger partial charge in [-0.1, -0.05) is 0 Å². The van der Waals surface area contributed by atoms with Gasteiger partial charge in [-0.15, -0.1) is 0 Å². The standard InChI is InChI=1S/C15H17N5O2/c1-10(22-12-5-3-11(21-2)4-6-12)7-16-14-13-15(18-8-17-13)20-9-19-14/h3-6,8-10H,7H2,1-2H3,(H2,16,17,18,19,20). The van der Waals surface area contributed by atoms with Gasteiger partial charge in [0.15, 0.2) is 11.5 Å². The normalized spacial score (nSPS) is 12.1. The number of H-pyrrole nitrogens is 1. The molecule has 0 fully saturated rings. The van der Waals surface area contributed by atoms with Gasteiger partial charge < -0.3 is 19.8 Å². The first-order valence-electron chi connectivity index (χ1n) is 6.95. The molecule has 0 aliphatic carbocycles. The molecule has 2 heterocycles. The lowest BCUT2D eigenvalue weighted by Gasteiger charge is -2.16. The number of aromatic amines is 1. The van der Waals surface area contributed by atoms with Crippen molar-refractivity contribution in [2.45, 2.75) is 13.0 Å². The van der Waals surface area contributed by atoms with E-state index in [0.717, 1.165) is 17.0 Å². The fourth-order valence-electron chi connectivity index (χ4n) is 2.07. The molecule has 0 radical (unpaired) electrons. The molecule has 0 amide bonds. The van der Waals surface area contributed by atoms with Gasteiger partial charge in [-0.05, 0) is 31.2 Å². The number of hydrogen-bond acceptors (Lipinski definition) is 6. The number of aromatic nitrogens is 4. The Morgan fingerprint density at radius 2 is 1.91 bits per heavy atom. The molecule has 0 saturated carbocycles. The van der Waals surface area contributed by atoms with Crippen LogP contribution < -0.4 is 14.8 Å². The van der Waals surface area contributed by atoms with Crippen LogP contribution in [-0.4, -0.2) is 39.7 Å². The molecule has 1 aromatic carbocycles. The number of methoxy groups -OCH3 is 1. The first kappa shape index (κ1) is 14.1. The van der Waals surface area contributed by atoms with E-state index in [0.29, 0.717) is 18.0 Å².